The van der Waals surface area contributed by atoms with E-state index in [4.69, 9.17) is 13.8 Å². The lowest BCUT2D eigenvalue weighted by Crippen LogP contribution is -2.38. The van der Waals surface area contributed by atoms with Crippen LogP contribution in [0.5, 0.6) is 0 Å². The van der Waals surface area contributed by atoms with Gasteiger partial charge < -0.3 is 34.2 Å². The third-order valence-electron chi connectivity index (χ3n) is 13.0. The molecule has 1 unspecified atom stereocenters. The number of carbonyl (C=O) groups is 4. The van der Waals surface area contributed by atoms with Crippen LogP contribution in [0.3, 0.4) is 0 Å². The summed E-state index contributed by atoms with van der Waals surface area (Å²) in [7, 11) is 0.456. The first kappa shape index (κ1) is 54.7. The Morgan fingerprint density at radius 3 is 1.50 bits per heavy atom. The number of esters is 1. The maximum absolute atomic E-state index is 13.0. The van der Waals surface area contributed by atoms with E-state index in [2.05, 4.69) is 20.4 Å². The molecule has 1 atom stereocenters. The Hall–Kier alpha value is -7.10. The van der Waals surface area contributed by atoms with E-state index in [1.165, 1.54) is 21.8 Å². The molecule has 0 aliphatic heterocycles. The van der Waals surface area contributed by atoms with E-state index in [0.29, 0.717) is 45.4 Å². The molecule has 21 heteroatoms. The smallest absolute Gasteiger partial charge is 0.330 e. The van der Waals surface area contributed by atoms with Gasteiger partial charge in [-0.25, -0.2) is 21.6 Å². The van der Waals surface area contributed by atoms with Gasteiger partial charge in [-0.3, -0.25) is 23.0 Å². The highest BCUT2D eigenvalue weighted by Gasteiger charge is 2.36. The number of furan rings is 2. The van der Waals surface area contributed by atoms with Crippen molar-refractivity contribution < 1.29 is 54.7 Å². The maximum atomic E-state index is 13.0. The number of carbonyl (C=O) groups excluding carboxylic acids is 3. The fourth-order valence-corrected chi connectivity index (χ4v) is 10.5. The first-order valence-corrected chi connectivity index (χ1v) is 27.8. The van der Waals surface area contributed by atoms with Gasteiger partial charge in [-0.1, -0.05) is 65.7 Å². The standard InChI is InChI=1S/C27H34N4O6S.C26H29N3O6S/c1-16-6-8-18(9-7-16)24-23(26(34)28-2)21-15-20(17-10-11-17)25(29-27(21)37-24)31(38(5,35)36)13-12-19(30(3)4)14-22(32)33;1-16-8-10-18(11-9-16)23-22(25(31)27-2)20-15-19(17-12-13-17)24(28-26(20)35-23)29(36(4,32)33)14-6-5-7-21(30)34-3/h6-9,15,17,19H,10-14H2,1-5H3,(H,28,34)(H,32,33);5,7-11,15,17H,6,12-14H2,1-4H3,(H,27,31)/b;7-5+. The molecule has 8 rings (SSSR count). The van der Waals surface area contributed by atoms with Crippen LogP contribution in [0.15, 0.2) is 81.7 Å². The molecule has 2 aromatic carbocycles. The number of carboxylic acid groups (broad SMARTS) is 1. The number of aryl methyl sites for hydroxylation is 2. The first-order valence-electron chi connectivity index (χ1n) is 24.2. The number of methoxy groups -OCH3 is 1. The van der Waals surface area contributed by atoms with E-state index in [1.54, 1.807) is 39.2 Å². The zero-order chi connectivity index (χ0) is 53.8. The van der Waals surface area contributed by atoms with Gasteiger partial charge in [0.25, 0.3) is 11.8 Å². The molecule has 74 heavy (non-hydrogen) atoms. The summed E-state index contributed by atoms with van der Waals surface area (Å²) < 4.78 is 70.9. The summed E-state index contributed by atoms with van der Waals surface area (Å²) in [5.74, 6) is -0.546. The van der Waals surface area contributed by atoms with E-state index in [0.717, 1.165) is 66.0 Å². The monoisotopic (exact) mass is 1050 g/mol. The number of amides is 2. The minimum atomic E-state index is -3.76. The number of aromatic nitrogens is 2. The van der Waals surface area contributed by atoms with Gasteiger partial charge in [0.05, 0.1) is 47.9 Å². The summed E-state index contributed by atoms with van der Waals surface area (Å²) in [6.07, 6.45) is 9.10. The Bertz CT molecular complexity index is 3340. The minimum Gasteiger partial charge on any atom is -0.481 e. The number of pyridine rings is 2. The van der Waals surface area contributed by atoms with Crippen LogP contribution in [-0.2, 0) is 34.4 Å². The van der Waals surface area contributed by atoms with Gasteiger partial charge in [0.1, 0.15) is 23.2 Å². The zero-order valence-corrected chi connectivity index (χ0v) is 44.6. The van der Waals surface area contributed by atoms with Crippen molar-refractivity contribution in [1.82, 2.24) is 25.5 Å². The van der Waals surface area contributed by atoms with Gasteiger partial charge in [0.15, 0.2) is 0 Å². The molecule has 19 nitrogen and oxygen atoms in total. The Kier molecular flexibility index (Phi) is 16.7. The van der Waals surface area contributed by atoms with Crippen molar-refractivity contribution in [2.24, 2.45) is 0 Å². The van der Waals surface area contributed by atoms with Gasteiger partial charge in [-0.2, -0.15) is 9.97 Å². The van der Waals surface area contributed by atoms with Crippen LogP contribution in [0.4, 0.5) is 11.6 Å². The molecule has 2 aliphatic rings. The third-order valence-corrected chi connectivity index (χ3v) is 15.3. The Morgan fingerprint density at radius 1 is 0.730 bits per heavy atom. The van der Waals surface area contributed by atoms with Crippen LogP contribution in [-0.4, -0.2) is 128 Å². The molecular weight excluding hydrogens is 991 g/mol. The molecule has 4 aromatic heterocycles. The number of carboxylic acids is 1. The number of ether oxygens (including phenoxy) is 1. The van der Waals surface area contributed by atoms with E-state index < -0.39 is 32.0 Å². The van der Waals surface area contributed by atoms with Crippen molar-refractivity contribution in [3.05, 3.63) is 106 Å². The Morgan fingerprint density at radius 2 is 1.15 bits per heavy atom. The summed E-state index contributed by atoms with van der Waals surface area (Å²) in [5.41, 5.74) is 6.13. The average Bonchev–Trinajstić information content (AvgIpc) is 4.30. The van der Waals surface area contributed by atoms with E-state index in [1.807, 2.05) is 74.5 Å². The van der Waals surface area contributed by atoms with Gasteiger partial charge in [0.2, 0.25) is 31.5 Å². The highest BCUT2D eigenvalue weighted by molar-refractivity contribution is 7.92. The average molecular weight is 1050 g/mol. The molecule has 0 spiro atoms. The molecule has 0 saturated heterocycles. The lowest BCUT2D eigenvalue weighted by molar-refractivity contribution is -0.138. The molecule has 0 radical (unpaired) electrons. The fraction of sp³-hybridized carbons (Fsp3) is 0.396. The minimum absolute atomic E-state index is 0.0566. The maximum Gasteiger partial charge on any atom is 0.330 e. The zero-order valence-electron chi connectivity index (χ0n) is 43.0. The highest BCUT2D eigenvalue weighted by atomic mass is 32.2. The summed E-state index contributed by atoms with van der Waals surface area (Å²) in [6.45, 7) is 4.08. The molecule has 2 saturated carbocycles. The van der Waals surface area contributed by atoms with Crippen LogP contribution in [0.2, 0.25) is 0 Å². The van der Waals surface area contributed by atoms with E-state index in [-0.39, 0.29) is 78.7 Å². The van der Waals surface area contributed by atoms with Crippen LogP contribution in [0, 0.1) is 13.8 Å². The summed E-state index contributed by atoms with van der Waals surface area (Å²) >= 11 is 0. The lowest BCUT2D eigenvalue weighted by atomic mass is 10.0. The van der Waals surface area contributed by atoms with Crippen LogP contribution in [0.25, 0.3) is 44.8 Å². The van der Waals surface area contributed by atoms with Crippen molar-refractivity contribution in [1.29, 1.82) is 0 Å². The second-order valence-corrected chi connectivity index (χ2v) is 22.8. The highest BCUT2D eigenvalue weighted by Crippen LogP contribution is 2.48. The van der Waals surface area contributed by atoms with Crippen LogP contribution < -0.4 is 19.2 Å². The van der Waals surface area contributed by atoms with Crippen molar-refractivity contribution >= 4 is 77.6 Å². The number of sulfonamides is 2. The molecule has 6 aromatic rings. The second-order valence-electron chi connectivity index (χ2n) is 18.9. The normalized spacial score (nSPS) is 14.2. The van der Waals surface area contributed by atoms with Crippen molar-refractivity contribution in [2.75, 3.05) is 69.5 Å². The third kappa shape index (κ3) is 12.6. The summed E-state index contributed by atoms with van der Waals surface area (Å²) in [5, 5.41) is 15.7. The molecule has 2 fully saturated rings. The molecule has 3 N–H and O–H groups in total. The number of hydrogen-bond acceptors (Lipinski definition) is 14. The second kappa shape index (κ2) is 22.6. The number of nitrogens with zero attached hydrogens (tertiary/aromatic N) is 5. The number of fused-ring (bicyclic) bond motifs is 2. The number of benzene rings is 2. The van der Waals surface area contributed by atoms with Crippen molar-refractivity contribution in [3.8, 4) is 22.6 Å². The summed E-state index contributed by atoms with van der Waals surface area (Å²) in [4.78, 5) is 59.8. The number of nitrogens with one attached hydrogen (secondary N) is 2. The molecule has 2 amide bonds. The quantitative estimate of drug-likeness (QED) is 0.0494. The number of rotatable bonds is 20. The predicted octanol–water partition coefficient (Wildman–Crippen LogP) is 7.53. The van der Waals surface area contributed by atoms with E-state index in [9.17, 15) is 41.1 Å². The first-order chi connectivity index (χ1) is 35.0. The van der Waals surface area contributed by atoms with Crippen molar-refractivity contribution in [2.45, 2.75) is 76.7 Å². The van der Waals surface area contributed by atoms with Gasteiger partial charge in [-0.05, 0) is 102 Å². The lowest BCUT2D eigenvalue weighted by Gasteiger charge is -2.28. The predicted molar refractivity (Wildman–Crippen MR) is 284 cm³/mol. The number of aliphatic carboxylic acids is 1. The molecule has 0 bridgehead atoms. The number of hydrogen-bond donors (Lipinski definition) is 3. The summed E-state index contributed by atoms with van der Waals surface area (Å²) in [6, 6.07) is 18.5. The largest absolute Gasteiger partial charge is 0.481 e. The van der Waals surface area contributed by atoms with Crippen LogP contribution >= 0.6 is 0 Å². The molecular formula is C53H63N7O12S2. The molecule has 394 valence electrons. The van der Waals surface area contributed by atoms with Gasteiger partial charge in [0, 0.05) is 50.4 Å². The molecule has 4 heterocycles. The number of anilines is 2. The van der Waals surface area contributed by atoms with Gasteiger partial charge in [-0.15, -0.1) is 0 Å². The van der Waals surface area contributed by atoms with Gasteiger partial charge >= 0.3 is 11.9 Å². The topological polar surface area (TPSA) is 252 Å². The Balaban J connectivity index is 0.000000217. The Labute approximate surface area is 431 Å². The SMILES string of the molecule is CNC(=O)c1c(-c2ccc(C)cc2)oc2nc(N(CC/C=C/C(=O)OC)S(C)(=O)=O)c(C3CC3)cc12.CNC(=O)c1c(-c2ccc(C)cc2)oc2nc(N(CCC(CC(=O)O)N(C)C)S(C)(=O)=O)c(C3CC3)cc12. The molecule has 2 aliphatic carbocycles. The van der Waals surface area contributed by atoms with Crippen molar-refractivity contribution in [3.63, 3.8) is 0 Å². The van der Waals surface area contributed by atoms with Crippen LogP contribution in [0.1, 0.15) is 99.8 Å². The van der Waals surface area contributed by atoms with E-state index >= 15 is 0 Å². The fourth-order valence-electron chi connectivity index (χ4n) is 8.67.